The number of hydrogen-bond donors (Lipinski definition) is 3. The van der Waals surface area contributed by atoms with E-state index < -0.39 is 0 Å². The zero-order valence-electron chi connectivity index (χ0n) is 16.1. The summed E-state index contributed by atoms with van der Waals surface area (Å²) < 4.78 is 19.1. The van der Waals surface area contributed by atoms with Crippen molar-refractivity contribution in [2.45, 2.75) is 26.3 Å². The molecule has 28 heavy (non-hydrogen) atoms. The number of carbonyl (C=O) groups excluding carboxylic acids is 1. The first-order chi connectivity index (χ1) is 13.5. The van der Waals surface area contributed by atoms with Crippen LogP contribution in [0.2, 0.25) is 0 Å². The molecule has 1 heterocycles. The number of fused-ring (bicyclic) bond motifs is 1. The van der Waals surface area contributed by atoms with Gasteiger partial charge in [0, 0.05) is 25.7 Å². The van der Waals surface area contributed by atoms with Gasteiger partial charge in [-0.1, -0.05) is 12.1 Å². The Morgan fingerprint density at radius 2 is 2.07 bits per heavy atom. The second-order valence-corrected chi connectivity index (χ2v) is 6.65. The molecule has 3 rings (SSSR count). The summed E-state index contributed by atoms with van der Waals surface area (Å²) in [6, 6.07) is 10.7. The molecule has 3 N–H and O–H groups in total. The second-order valence-electron chi connectivity index (χ2n) is 6.65. The maximum absolute atomic E-state index is 13.3. The number of halogens is 1. The van der Waals surface area contributed by atoms with Crippen molar-refractivity contribution in [3.8, 4) is 5.75 Å². The van der Waals surface area contributed by atoms with Crippen LogP contribution in [-0.2, 0) is 17.8 Å². The van der Waals surface area contributed by atoms with Crippen LogP contribution in [0.25, 0.3) is 0 Å². The molecule has 0 saturated carbocycles. The lowest BCUT2D eigenvalue weighted by molar-refractivity contribution is -0.116. The third-order valence-electron chi connectivity index (χ3n) is 4.54. The van der Waals surface area contributed by atoms with E-state index in [1.165, 1.54) is 6.07 Å². The number of carbonyl (C=O) groups is 1. The van der Waals surface area contributed by atoms with Crippen LogP contribution in [0.15, 0.2) is 41.4 Å². The first-order valence-corrected chi connectivity index (χ1v) is 9.30. The Kier molecular flexibility index (Phi) is 6.47. The summed E-state index contributed by atoms with van der Waals surface area (Å²) in [4.78, 5) is 15.6. The van der Waals surface area contributed by atoms with Gasteiger partial charge in [-0.2, -0.15) is 0 Å². The first kappa shape index (κ1) is 19.7. The normalized spacial score (nSPS) is 13.5. The highest BCUT2D eigenvalue weighted by Crippen LogP contribution is 2.26. The van der Waals surface area contributed by atoms with Gasteiger partial charge < -0.3 is 20.7 Å². The largest absolute Gasteiger partial charge is 0.492 e. The predicted molar refractivity (Wildman–Crippen MR) is 108 cm³/mol. The van der Waals surface area contributed by atoms with E-state index in [2.05, 4.69) is 20.9 Å². The minimum Gasteiger partial charge on any atom is -0.492 e. The van der Waals surface area contributed by atoms with Crippen molar-refractivity contribution < 1.29 is 13.9 Å². The molecule has 0 atom stereocenters. The average molecular weight is 384 g/mol. The van der Waals surface area contributed by atoms with E-state index in [4.69, 9.17) is 4.74 Å². The maximum atomic E-state index is 13.3. The quantitative estimate of drug-likeness (QED) is 0.407. The summed E-state index contributed by atoms with van der Waals surface area (Å²) in [6.07, 6.45) is 1.24. The SMILES string of the molecule is CN=C(NCCOc1ccc2c(c1)CCC(=O)N2)NCc1ccc(F)c(C)c1. The first-order valence-electron chi connectivity index (χ1n) is 9.30. The molecule has 2 aromatic rings. The molecule has 1 amide bonds. The highest BCUT2D eigenvalue weighted by Gasteiger charge is 2.14. The molecule has 0 saturated heterocycles. The minimum atomic E-state index is -0.201. The Labute approximate surface area is 164 Å². The van der Waals surface area contributed by atoms with E-state index in [0.717, 1.165) is 29.0 Å². The van der Waals surface area contributed by atoms with Crippen molar-refractivity contribution in [3.63, 3.8) is 0 Å². The number of rotatable bonds is 6. The zero-order chi connectivity index (χ0) is 19.9. The summed E-state index contributed by atoms with van der Waals surface area (Å²) in [5.74, 6) is 1.29. The third-order valence-corrected chi connectivity index (χ3v) is 4.54. The number of guanidine groups is 1. The van der Waals surface area contributed by atoms with Gasteiger partial charge in [0.25, 0.3) is 0 Å². The Hall–Kier alpha value is -3.09. The molecule has 148 valence electrons. The van der Waals surface area contributed by atoms with Gasteiger partial charge in [0.05, 0.1) is 6.54 Å². The van der Waals surface area contributed by atoms with Crippen LogP contribution in [0.4, 0.5) is 10.1 Å². The second kappa shape index (κ2) is 9.21. The number of hydrogen-bond acceptors (Lipinski definition) is 3. The van der Waals surface area contributed by atoms with E-state index in [-0.39, 0.29) is 11.7 Å². The van der Waals surface area contributed by atoms with E-state index in [1.807, 2.05) is 24.3 Å². The lowest BCUT2D eigenvalue weighted by Gasteiger charge is -2.18. The molecule has 1 aliphatic heterocycles. The van der Waals surface area contributed by atoms with Crippen molar-refractivity contribution in [1.82, 2.24) is 10.6 Å². The average Bonchev–Trinajstić information content (AvgIpc) is 2.70. The van der Waals surface area contributed by atoms with Crippen LogP contribution >= 0.6 is 0 Å². The summed E-state index contributed by atoms with van der Waals surface area (Å²) >= 11 is 0. The maximum Gasteiger partial charge on any atom is 0.224 e. The molecule has 1 aliphatic rings. The molecule has 0 unspecified atom stereocenters. The van der Waals surface area contributed by atoms with Gasteiger partial charge in [-0.05, 0) is 54.3 Å². The molecule has 0 spiro atoms. The Morgan fingerprint density at radius 1 is 1.21 bits per heavy atom. The van der Waals surface area contributed by atoms with Crippen molar-refractivity contribution in [2.75, 3.05) is 25.5 Å². The summed E-state index contributed by atoms with van der Waals surface area (Å²) in [5.41, 5.74) is 3.57. The van der Waals surface area contributed by atoms with Gasteiger partial charge in [0.1, 0.15) is 18.2 Å². The molecule has 0 aromatic heterocycles. The topological polar surface area (TPSA) is 74.8 Å². The third kappa shape index (κ3) is 5.22. The molecule has 0 radical (unpaired) electrons. The fourth-order valence-corrected chi connectivity index (χ4v) is 3.01. The van der Waals surface area contributed by atoms with Crippen LogP contribution < -0.4 is 20.7 Å². The van der Waals surface area contributed by atoms with E-state index >= 15 is 0 Å². The van der Waals surface area contributed by atoms with Crippen LogP contribution in [0.3, 0.4) is 0 Å². The van der Waals surface area contributed by atoms with Gasteiger partial charge >= 0.3 is 0 Å². The lowest BCUT2D eigenvalue weighted by Crippen LogP contribution is -2.38. The smallest absolute Gasteiger partial charge is 0.224 e. The standard InChI is InChI=1S/C21H25FN4O2/c1-14-11-15(3-6-18(14)22)13-25-21(23-2)24-9-10-28-17-5-7-19-16(12-17)4-8-20(27)26-19/h3,5-7,11-12H,4,8-10,13H2,1-2H3,(H,26,27)(H2,23,24,25). The van der Waals surface area contributed by atoms with Gasteiger partial charge in [-0.3, -0.25) is 9.79 Å². The number of anilines is 1. The Morgan fingerprint density at radius 3 is 2.86 bits per heavy atom. The number of nitrogens with one attached hydrogen (secondary N) is 3. The van der Waals surface area contributed by atoms with Crippen molar-refractivity contribution in [3.05, 3.63) is 58.9 Å². The monoisotopic (exact) mass is 384 g/mol. The fourth-order valence-electron chi connectivity index (χ4n) is 3.01. The molecule has 2 aromatic carbocycles. The van der Waals surface area contributed by atoms with Crippen molar-refractivity contribution in [1.29, 1.82) is 0 Å². The molecule has 7 heteroatoms. The number of aryl methyl sites for hydroxylation is 2. The molecular weight excluding hydrogens is 359 g/mol. The molecule has 6 nitrogen and oxygen atoms in total. The van der Waals surface area contributed by atoms with E-state index in [9.17, 15) is 9.18 Å². The summed E-state index contributed by atoms with van der Waals surface area (Å²) in [6.45, 7) is 3.35. The van der Waals surface area contributed by atoms with Gasteiger partial charge in [-0.25, -0.2) is 4.39 Å². The highest BCUT2D eigenvalue weighted by molar-refractivity contribution is 5.94. The molecular formula is C21H25FN4O2. The van der Waals surface area contributed by atoms with Gasteiger partial charge in [0.15, 0.2) is 5.96 Å². The van der Waals surface area contributed by atoms with E-state index in [0.29, 0.717) is 37.6 Å². The van der Waals surface area contributed by atoms with Gasteiger partial charge in [0.2, 0.25) is 5.91 Å². The predicted octanol–water partition coefficient (Wildman–Crippen LogP) is 2.76. The fraction of sp³-hybridized carbons (Fsp3) is 0.333. The molecule has 0 fully saturated rings. The number of amides is 1. The number of nitrogens with zero attached hydrogens (tertiary/aromatic N) is 1. The summed E-state index contributed by atoms with van der Waals surface area (Å²) in [5, 5.41) is 9.24. The van der Waals surface area contributed by atoms with Crippen LogP contribution in [-0.4, -0.2) is 32.1 Å². The van der Waals surface area contributed by atoms with E-state index in [1.54, 1.807) is 20.0 Å². The van der Waals surface area contributed by atoms with Crippen molar-refractivity contribution in [2.24, 2.45) is 4.99 Å². The van der Waals surface area contributed by atoms with Crippen molar-refractivity contribution >= 4 is 17.6 Å². The Balaban J connectivity index is 1.42. The zero-order valence-corrected chi connectivity index (χ0v) is 16.1. The highest BCUT2D eigenvalue weighted by atomic mass is 19.1. The number of aliphatic imine (C=N–C) groups is 1. The summed E-state index contributed by atoms with van der Waals surface area (Å²) in [7, 11) is 1.70. The van der Waals surface area contributed by atoms with Crippen LogP contribution in [0.5, 0.6) is 5.75 Å². The van der Waals surface area contributed by atoms with Gasteiger partial charge in [-0.15, -0.1) is 0 Å². The van der Waals surface area contributed by atoms with Crippen LogP contribution in [0, 0.1) is 12.7 Å². The lowest BCUT2D eigenvalue weighted by atomic mass is 10.0. The molecule has 0 aliphatic carbocycles. The Bertz CT molecular complexity index is 883. The number of ether oxygens (including phenoxy) is 1. The number of benzene rings is 2. The van der Waals surface area contributed by atoms with Crippen LogP contribution in [0.1, 0.15) is 23.1 Å². The minimum absolute atomic E-state index is 0.0556. The molecule has 0 bridgehead atoms.